The summed E-state index contributed by atoms with van der Waals surface area (Å²) in [6.45, 7) is 1.87. The van der Waals surface area contributed by atoms with Crippen molar-refractivity contribution in [3.8, 4) is 0 Å². The minimum Gasteiger partial charge on any atom is -0.384 e. The molecule has 5 nitrogen and oxygen atoms in total. The molecule has 100 valence electrons. The van der Waals surface area contributed by atoms with Gasteiger partial charge in [-0.15, -0.1) is 10.2 Å². The van der Waals surface area contributed by atoms with Crippen LogP contribution >= 0.6 is 11.8 Å². The number of nitrogens with zero attached hydrogens (tertiary/aromatic N) is 3. The molecule has 0 saturated carbocycles. The number of halogens is 1. The first-order valence-corrected chi connectivity index (χ1v) is 6.59. The lowest BCUT2D eigenvalue weighted by Crippen LogP contribution is -2.14. The monoisotopic (exact) mass is 279 g/mol. The van der Waals surface area contributed by atoms with Gasteiger partial charge in [0.2, 0.25) is 0 Å². The molecule has 2 rings (SSSR count). The van der Waals surface area contributed by atoms with E-state index in [4.69, 9.17) is 11.1 Å². The largest absolute Gasteiger partial charge is 0.384 e. The zero-order valence-corrected chi connectivity index (χ0v) is 11.5. The first-order valence-electron chi connectivity index (χ1n) is 5.60. The molecule has 7 heteroatoms. The number of aryl methyl sites for hydroxylation is 1. The quantitative estimate of drug-likeness (QED) is 0.508. The summed E-state index contributed by atoms with van der Waals surface area (Å²) in [6.07, 6.45) is 0. The second-order valence-electron chi connectivity index (χ2n) is 4.09. The molecule has 2 aromatic rings. The van der Waals surface area contributed by atoms with Crippen molar-refractivity contribution in [3.05, 3.63) is 41.0 Å². The molecule has 0 fully saturated rings. The second-order valence-corrected chi connectivity index (χ2v) is 5.04. The Morgan fingerprint density at radius 2 is 2.21 bits per heavy atom. The fourth-order valence-electron chi connectivity index (χ4n) is 1.58. The van der Waals surface area contributed by atoms with E-state index in [0.717, 1.165) is 16.5 Å². The number of nitrogens with two attached hydrogens (primary N) is 1. The van der Waals surface area contributed by atoms with Gasteiger partial charge in [0.1, 0.15) is 17.5 Å². The third-order valence-electron chi connectivity index (χ3n) is 2.77. The van der Waals surface area contributed by atoms with Crippen molar-refractivity contribution in [2.24, 2.45) is 12.8 Å². The highest BCUT2D eigenvalue weighted by Gasteiger charge is 2.10. The molecule has 1 heterocycles. The van der Waals surface area contributed by atoms with Crippen LogP contribution in [0.25, 0.3) is 0 Å². The Kier molecular flexibility index (Phi) is 3.84. The average Bonchev–Trinajstić information content (AvgIpc) is 2.68. The van der Waals surface area contributed by atoms with Gasteiger partial charge in [-0.05, 0) is 24.6 Å². The third kappa shape index (κ3) is 2.93. The van der Waals surface area contributed by atoms with E-state index >= 15 is 0 Å². The van der Waals surface area contributed by atoms with Crippen LogP contribution < -0.4 is 5.73 Å². The number of hydrogen-bond acceptors (Lipinski definition) is 4. The van der Waals surface area contributed by atoms with E-state index in [2.05, 4.69) is 10.2 Å². The molecule has 0 unspecified atom stereocenters. The van der Waals surface area contributed by atoms with Crippen molar-refractivity contribution >= 4 is 17.6 Å². The first-order chi connectivity index (χ1) is 8.99. The Morgan fingerprint density at radius 3 is 2.79 bits per heavy atom. The SMILES string of the molecule is Cc1nnc(SCc2ccc(F)cc2C(=N)N)n1C. The van der Waals surface area contributed by atoms with Crippen LogP contribution in [-0.2, 0) is 12.8 Å². The smallest absolute Gasteiger partial charge is 0.191 e. The van der Waals surface area contributed by atoms with Crippen LogP contribution in [0.3, 0.4) is 0 Å². The zero-order chi connectivity index (χ0) is 14.0. The van der Waals surface area contributed by atoms with Gasteiger partial charge in [-0.25, -0.2) is 4.39 Å². The Labute approximate surface area is 114 Å². The summed E-state index contributed by atoms with van der Waals surface area (Å²) < 4.78 is 15.0. The number of amidine groups is 1. The molecule has 0 saturated heterocycles. The maximum atomic E-state index is 13.2. The molecule has 0 atom stereocenters. The summed E-state index contributed by atoms with van der Waals surface area (Å²) in [4.78, 5) is 0. The molecule has 3 N–H and O–H groups in total. The van der Waals surface area contributed by atoms with Crippen LogP contribution in [0.15, 0.2) is 23.4 Å². The minimum atomic E-state index is -0.395. The lowest BCUT2D eigenvalue weighted by Gasteiger charge is -2.08. The number of rotatable bonds is 4. The third-order valence-corrected chi connectivity index (χ3v) is 3.84. The molecule has 0 aliphatic rings. The lowest BCUT2D eigenvalue weighted by molar-refractivity contribution is 0.627. The number of nitrogens with one attached hydrogen (secondary N) is 1. The summed E-state index contributed by atoms with van der Waals surface area (Å²) in [5.74, 6) is 0.854. The van der Waals surface area contributed by atoms with Gasteiger partial charge in [0.05, 0.1) is 0 Å². The standard InChI is InChI=1S/C12H14FN5S/c1-7-16-17-12(18(7)2)19-6-8-3-4-9(13)5-10(8)11(14)15/h3-5H,6H2,1-2H3,(H3,14,15). The Balaban J connectivity index is 2.20. The fraction of sp³-hybridized carbons (Fsp3) is 0.250. The molecular formula is C12H14FN5S. The highest BCUT2D eigenvalue weighted by molar-refractivity contribution is 7.98. The van der Waals surface area contributed by atoms with Crippen molar-refractivity contribution in [1.82, 2.24) is 14.8 Å². The molecule has 0 amide bonds. The van der Waals surface area contributed by atoms with E-state index in [0.29, 0.717) is 11.3 Å². The van der Waals surface area contributed by atoms with E-state index in [1.807, 2.05) is 18.5 Å². The number of nitrogen functional groups attached to an aromatic ring is 1. The van der Waals surface area contributed by atoms with Crippen LogP contribution in [0, 0.1) is 18.2 Å². The predicted molar refractivity (Wildman–Crippen MR) is 72.7 cm³/mol. The van der Waals surface area contributed by atoms with Gasteiger partial charge >= 0.3 is 0 Å². The molecule has 0 radical (unpaired) electrons. The summed E-state index contributed by atoms with van der Waals surface area (Å²) in [6, 6.07) is 4.28. The molecular weight excluding hydrogens is 265 g/mol. The summed E-state index contributed by atoms with van der Waals surface area (Å²) in [5, 5.41) is 16.3. The molecule has 19 heavy (non-hydrogen) atoms. The Morgan fingerprint density at radius 1 is 1.47 bits per heavy atom. The maximum absolute atomic E-state index is 13.2. The van der Waals surface area contributed by atoms with Crippen molar-refractivity contribution in [2.45, 2.75) is 17.8 Å². The highest BCUT2D eigenvalue weighted by Crippen LogP contribution is 2.23. The van der Waals surface area contributed by atoms with Crippen LogP contribution in [0.1, 0.15) is 17.0 Å². The van der Waals surface area contributed by atoms with Crippen molar-refractivity contribution in [3.63, 3.8) is 0 Å². The van der Waals surface area contributed by atoms with Crippen LogP contribution in [0.4, 0.5) is 4.39 Å². The van der Waals surface area contributed by atoms with E-state index in [1.165, 1.54) is 23.9 Å². The van der Waals surface area contributed by atoms with E-state index in [-0.39, 0.29) is 5.84 Å². The van der Waals surface area contributed by atoms with Crippen molar-refractivity contribution < 1.29 is 4.39 Å². The normalized spacial score (nSPS) is 10.7. The molecule has 1 aromatic carbocycles. The van der Waals surface area contributed by atoms with E-state index in [9.17, 15) is 4.39 Å². The number of aromatic nitrogens is 3. The minimum absolute atomic E-state index is 0.135. The maximum Gasteiger partial charge on any atom is 0.191 e. The highest BCUT2D eigenvalue weighted by atomic mass is 32.2. The van der Waals surface area contributed by atoms with Crippen molar-refractivity contribution in [2.75, 3.05) is 0 Å². The van der Waals surface area contributed by atoms with Gasteiger partial charge in [-0.1, -0.05) is 17.8 Å². The Hall–Kier alpha value is -1.89. The van der Waals surface area contributed by atoms with Gasteiger partial charge < -0.3 is 10.3 Å². The van der Waals surface area contributed by atoms with Gasteiger partial charge in [-0.2, -0.15) is 0 Å². The van der Waals surface area contributed by atoms with Gasteiger partial charge in [0.25, 0.3) is 0 Å². The summed E-state index contributed by atoms with van der Waals surface area (Å²) in [5.41, 5.74) is 6.69. The van der Waals surface area contributed by atoms with Crippen LogP contribution in [0.2, 0.25) is 0 Å². The molecule has 0 aliphatic heterocycles. The van der Waals surface area contributed by atoms with E-state index in [1.54, 1.807) is 6.07 Å². The molecule has 0 bridgehead atoms. The summed E-state index contributed by atoms with van der Waals surface area (Å²) in [7, 11) is 1.88. The Bertz CT molecular complexity index is 623. The molecule has 1 aromatic heterocycles. The molecule has 0 spiro atoms. The number of benzene rings is 1. The number of thioether (sulfide) groups is 1. The second kappa shape index (κ2) is 5.40. The predicted octanol–water partition coefficient (Wildman–Crippen LogP) is 1.84. The van der Waals surface area contributed by atoms with E-state index < -0.39 is 5.82 Å². The lowest BCUT2D eigenvalue weighted by atomic mass is 10.1. The van der Waals surface area contributed by atoms with Crippen LogP contribution in [-0.4, -0.2) is 20.6 Å². The average molecular weight is 279 g/mol. The first kappa shape index (κ1) is 13.5. The van der Waals surface area contributed by atoms with Gasteiger partial charge in [0.15, 0.2) is 5.16 Å². The zero-order valence-electron chi connectivity index (χ0n) is 10.6. The van der Waals surface area contributed by atoms with Gasteiger partial charge in [0, 0.05) is 18.4 Å². The summed E-state index contributed by atoms with van der Waals surface area (Å²) >= 11 is 1.47. The topological polar surface area (TPSA) is 80.6 Å². The number of hydrogen-bond donors (Lipinski definition) is 2. The van der Waals surface area contributed by atoms with Crippen LogP contribution in [0.5, 0.6) is 0 Å². The van der Waals surface area contributed by atoms with Gasteiger partial charge in [-0.3, -0.25) is 5.41 Å². The fourth-order valence-corrected chi connectivity index (χ4v) is 2.54. The van der Waals surface area contributed by atoms with Crippen molar-refractivity contribution in [1.29, 1.82) is 5.41 Å². The molecule has 0 aliphatic carbocycles.